The molecule has 6 aromatic carbocycles. The predicted molar refractivity (Wildman–Crippen MR) is 224 cm³/mol. The van der Waals surface area contributed by atoms with Crippen LogP contribution in [0.15, 0.2) is 192 Å². The van der Waals surface area contributed by atoms with E-state index < -0.39 is 5.41 Å². The van der Waals surface area contributed by atoms with Crippen LogP contribution < -0.4 is 9.64 Å². The second kappa shape index (κ2) is 12.0. The molecule has 0 amide bonds. The second-order valence-electron chi connectivity index (χ2n) is 14.4. The Balaban J connectivity index is 1.11. The summed E-state index contributed by atoms with van der Waals surface area (Å²) < 4.78 is 7.14. The van der Waals surface area contributed by atoms with Gasteiger partial charge in [0.15, 0.2) is 0 Å². The molecular formula is C50H30N4OS. The van der Waals surface area contributed by atoms with Crippen molar-refractivity contribution in [2.75, 3.05) is 4.90 Å². The van der Waals surface area contributed by atoms with Crippen LogP contribution in [0.3, 0.4) is 0 Å². The fourth-order valence-corrected chi connectivity index (χ4v) is 10.2. The molecule has 0 bridgehead atoms. The fourth-order valence-electron chi connectivity index (χ4n) is 9.09. The molecule has 0 saturated carbocycles. The van der Waals surface area contributed by atoms with Crippen molar-refractivity contribution >= 4 is 39.6 Å². The molecule has 6 heteroatoms. The van der Waals surface area contributed by atoms with Gasteiger partial charge in [0.1, 0.15) is 11.5 Å². The molecule has 1 atom stereocenters. The SMILES string of the molecule is c1ccc2c(c1)Oc1c(ccc3c1Sc1ccccc1N3c1ccccc1-c1ccncc1)C21c2cccnc2-c2nc(-c3ccc4ccccc4c3)ccc21. The van der Waals surface area contributed by atoms with Gasteiger partial charge in [-0.1, -0.05) is 115 Å². The highest BCUT2D eigenvalue weighted by Crippen LogP contribution is 2.65. The predicted octanol–water partition coefficient (Wildman–Crippen LogP) is 12.8. The molecule has 0 N–H and O–H groups in total. The molecule has 9 aromatic rings. The van der Waals surface area contributed by atoms with Crippen molar-refractivity contribution in [3.05, 3.63) is 205 Å². The van der Waals surface area contributed by atoms with Crippen LogP contribution in [0.2, 0.25) is 0 Å². The van der Waals surface area contributed by atoms with Gasteiger partial charge in [0.05, 0.1) is 44.5 Å². The van der Waals surface area contributed by atoms with Crippen molar-refractivity contribution in [2.24, 2.45) is 0 Å². The summed E-state index contributed by atoms with van der Waals surface area (Å²) in [5.41, 5.74) is 13.0. The number of anilines is 3. The quantitative estimate of drug-likeness (QED) is 0.180. The summed E-state index contributed by atoms with van der Waals surface area (Å²) in [5.74, 6) is 1.69. The van der Waals surface area contributed by atoms with Crippen LogP contribution in [0.1, 0.15) is 22.3 Å². The minimum atomic E-state index is -0.704. The lowest BCUT2D eigenvalue weighted by molar-refractivity contribution is 0.426. The smallest absolute Gasteiger partial charge is 0.148 e. The Morgan fingerprint density at radius 1 is 0.518 bits per heavy atom. The van der Waals surface area contributed by atoms with Crippen molar-refractivity contribution in [1.82, 2.24) is 15.0 Å². The minimum absolute atomic E-state index is 0.704. The van der Waals surface area contributed by atoms with Gasteiger partial charge in [-0.15, -0.1) is 0 Å². The van der Waals surface area contributed by atoms with E-state index in [2.05, 4.69) is 174 Å². The number of rotatable bonds is 3. The molecule has 3 aliphatic rings. The molecular weight excluding hydrogens is 705 g/mol. The number of nitrogens with zero attached hydrogens (tertiary/aromatic N) is 4. The summed E-state index contributed by atoms with van der Waals surface area (Å²) in [7, 11) is 0. The first-order chi connectivity index (χ1) is 27.8. The fraction of sp³-hybridized carbons (Fsp3) is 0.0200. The third kappa shape index (κ3) is 4.36. The van der Waals surface area contributed by atoms with E-state index in [-0.39, 0.29) is 0 Å². The zero-order valence-corrected chi connectivity index (χ0v) is 30.7. The molecule has 262 valence electrons. The zero-order valence-electron chi connectivity index (χ0n) is 29.9. The van der Waals surface area contributed by atoms with Gasteiger partial charge in [-0.25, -0.2) is 4.98 Å². The highest BCUT2D eigenvalue weighted by molar-refractivity contribution is 7.99. The van der Waals surface area contributed by atoms with E-state index in [0.29, 0.717) is 0 Å². The highest BCUT2D eigenvalue weighted by atomic mass is 32.2. The summed E-state index contributed by atoms with van der Waals surface area (Å²) in [6, 6.07) is 58.2. The number of pyridine rings is 3. The van der Waals surface area contributed by atoms with E-state index in [4.69, 9.17) is 14.7 Å². The van der Waals surface area contributed by atoms with Crippen LogP contribution in [-0.2, 0) is 5.41 Å². The largest absolute Gasteiger partial charge is 0.455 e. The molecule has 56 heavy (non-hydrogen) atoms. The van der Waals surface area contributed by atoms with Gasteiger partial charge in [-0.05, 0) is 88.1 Å². The number of benzene rings is 6. The Morgan fingerprint density at radius 2 is 1.27 bits per heavy atom. The Kier molecular flexibility index (Phi) is 6.71. The summed E-state index contributed by atoms with van der Waals surface area (Å²) in [6.45, 7) is 0. The summed E-state index contributed by atoms with van der Waals surface area (Å²) >= 11 is 1.77. The third-order valence-electron chi connectivity index (χ3n) is 11.5. The number of para-hydroxylation sites is 3. The molecule has 3 aromatic heterocycles. The summed E-state index contributed by atoms with van der Waals surface area (Å²) in [5, 5.41) is 2.40. The van der Waals surface area contributed by atoms with Crippen molar-refractivity contribution in [3.8, 4) is 45.3 Å². The van der Waals surface area contributed by atoms with E-state index in [1.807, 2.05) is 18.6 Å². The van der Waals surface area contributed by atoms with E-state index >= 15 is 0 Å². The van der Waals surface area contributed by atoms with Crippen molar-refractivity contribution in [2.45, 2.75) is 15.2 Å². The first-order valence-corrected chi connectivity index (χ1v) is 19.6. The van der Waals surface area contributed by atoms with Gasteiger partial charge in [0.25, 0.3) is 0 Å². The van der Waals surface area contributed by atoms with Gasteiger partial charge in [0.2, 0.25) is 0 Å². The van der Waals surface area contributed by atoms with Crippen LogP contribution in [0.5, 0.6) is 11.5 Å². The molecule has 1 unspecified atom stereocenters. The van der Waals surface area contributed by atoms with Crippen molar-refractivity contribution in [3.63, 3.8) is 0 Å². The maximum atomic E-state index is 7.14. The number of fused-ring (bicyclic) bond motifs is 13. The molecule has 1 aliphatic carbocycles. The lowest BCUT2D eigenvalue weighted by Gasteiger charge is -2.42. The topological polar surface area (TPSA) is 51.1 Å². The van der Waals surface area contributed by atoms with Crippen LogP contribution in [0, 0.1) is 0 Å². The first-order valence-electron chi connectivity index (χ1n) is 18.8. The van der Waals surface area contributed by atoms with E-state index in [0.717, 1.165) is 94.4 Å². The maximum absolute atomic E-state index is 7.14. The number of hydrogen-bond acceptors (Lipinski definition) is 6. The Bertz CT molecular complexity index is 3070. The Morgan fingerprint density at radius 3 is 2.20 bits per heavy atom. The van der Waals surface area contributed by atoms with Crippen molar-refractivity contribution in [1.29, 1.82) is 0 Å². The van der Waals surface area contributed by atoms with Crippen LogP contribution in [-0.4, -0.2) is 15.0 Å². The molecule has 5 heterocycles. The normalized spacial score (nSPS) is 15.6. The van der Waals surface area contributed by atoms with E-state index in [1.165, 1.54) is 10.8 Å². The van der Waals surface area contributed by atoms with Gasteiger partial charge in [-0.3, -0.25) is 9.97 Å². The Labute approximate surface area is 328 Å². The summed E-state index contributed by atoms with van der Waals surface area (Å²) in [4.78, 5) is 19.4. The monoisotopic (exact) mass is 734 g/mol. The van der Waals surface area contributed by atoms with Gasteiger partial charge < -0.3 is 9.64 Å². The van der Waals surface area contributed by atoms with Gasteiger partial charge >= 0.3 is 0 Å². The highest BCUT2D eigenvalue weighted by Gasteiger charge is 2.53. The van der Waals surface area contributed by atoms with Gasteiger partial charge in [0, 0.05) is 45.7 Å². The Hall–Kier alpha value is -7.02. The average Bonchev–Trinajstić information content (AvgIpc) is 3.55. The molecule has 1 spiro atoms. The van der Waals surface area contributed by atoms with E-state index in [9.17, 15) is 0 Å². The van der Waals surface area contributed by atoms with E-state index in [1.54, 1.807) is 11.8 Å². The van der Waals surface area contributed by atoms with Crippen LogP contribution in [0.25, 0.3) is 44.5 Å². The zero-order chi connectivity index (χ0) is 36.8. The number of hydrogen-bond donors (Lipinski definition) is 0. The standard InChI is InChI=1S/C50H30N4OS/c1-2-11-33-30-34(20-19-31(33)10-1)40-23-21-38-47(53-40)46-37(14-9-27-52-46)50(38)36-13-4-7-17-44(36)55-48-39(50)22-24-43-49(48)56-45-18-8-6-16-42(45)54(43)41-15-5-3-12-35(41)32-25-28-51-29-26-32/h1-30H. The molecule has 0 fully saturated rings. The minimum Gasteiger partial charge on any atom is -0.455 e. The molecule has 0 saturated heterocycles. The lowest BCUT2D eigenvalue weighted by atomic mass is 9.66. The average molecular weight is 735 g/mol. The first kappa shape index (κ1) is 31.3. The van der Waals surface area contributed by atoms with Gasteiger partial charge in [-0.2, -0.15) is 0 Å². The molecule has 2 aliphatic heterocycles. The number of ether oxygens (including phenoxy) is 1. The van der Waals surface area contributed by atoms with Crippen molar-refractivity contribution < 1.29 is 4.74 Å². The molecule has 12 rings (SSSR count). The molecule has 0 radical (unpaired) electrons. The number of aromatic nitrogens is 3. The lowest BCUT2D eigenvalue weighted by Crippen LogP contribution is -2.33. The maximum Gasteiger partial charge on any atom is 0.148 e. The summed E-state index contributed by atoms with van der Waals surface area (Å²) in [6.07, 6.45) is 5.59. The molecule has 5 nitrogen and oxygen atoms in total. The second-order valence-corrected chi connectivity index (χ2v) is 15.4. The van der Waals surface area contributed by atoms with Crippen LogP contribution in [0.4, 0.5) is 17.1 Å². The van der Waals surface area contributed by atoms with Crippen LogP contribution >= 0.6 is 11.8 Å². The third-order valence-corrected chi connectivity index (χ3v) is 12.6.